The number of halogens is 1. The molecule has 1 heteroatoms. The first kappa shape index (κ1) is 19.3. The molecule has 0 rings (SSSR count). The van der Waals surface area contributed by atoms with Crippen LogP contribution in [0, 0.1) is 0 Å². The van der Waals surface area contributed by atoms with Crippen LogP contribution in [0.1, 0.15) is 71.1 Å². The van der Waals surface area contributed by atoms with E-state index in [2.05, 4.69) is 36.0 Å². The molecule has 0 atom stereocenters. The largest absolute Gasteiger partial charge is 0.103 e. The molecule has 0 unspecified atom stereocenters. The van der Waals surface area contributed by atoms with E-state index in [-0.39, 0.29) is 0 Å². The average molecular weight is 303 g/mol. The summed E-state index contributed by atoms with van der Waals surface area (Å²) in [4.78, 5) is 0. The lowest BCUT2D eigenvalue weighted by Gasteiger charge is -1.94. The highest BCUT2D eigenvalue weighted by atomic mass is 79.9. The van der Waals surface area contributed by atoms with E-state index < -0.39 is 0 Å². The highest BCUT2D eigenvalue weighted by Crippen LogP contribution is 2.04. The van der Waals surface area contributed by atoms with E-state index in [0.717, 1.165) is 5.33 Å². The molecule has 0 aliphatic rings. The van der Waals surface area contributed by atoms with E-state index >= 15 is 0 Å². The van der Waals surface area contributed by atoms with Gasteiger partial charge in [0.05, 0.1) is 0 Å². The monoisotopic (exact) mass is 302 g/mol. The molecule has 0 saturated heterocycles. The Morgan fingerprint density at radius 3 is 1.65 bits per heavy atom. The maximum absolute atomic E-state index is 3.68. The molecule has 0 amide bonds. The summed E-state index contributed by atoms with van der Waals surface area (Å²) in [5.74, 6) is 0. The van der Waals surface area contributed by atoms with E-state index in [0.29, 0.717) is 0 Å². The summed E-state index contributed by atoms with van der Waals surface area (Å²) in [6.07, 6.45) is 17.2. The van der Waals surface area contributed by atoms with E-state index in [9.17, 15) is 0 Å². The smallest absolute Gasteiger partial charge is 0.00313 e. The fourth-order valence-electron chi connectivity index (χ4n) is 1.45. The van der Waals surface area contributed by atoms with Gasteiger partial charge in [0.2, 0.25) is 0 Å². The highest BCUT2D eigenvalue weighted by Gasteiger charge is 1.84. The van der Waals surface area contributed by atoms with Crippen LogP contribution < -0.4 is 0 Å². The van der Waals surface area contributed by atoms with Gasteiger partial charge in [-0.25, -0.2) is 0 Å². The van der Waals surface area contributed by atoms with Gasteiger partial charge in [-0.05, 0) is 32.1 Å². The van der Waals surface area contributed by atoms with Crippen LogP contribution in [0.15, 0.2) is 25.3 Å². The van der Waals surface area contributed by atoms with Gasteiger partial charge < -0.3 is 0 Å². The predicted molar refractivity (Wildman–Crippen MR) is 86.0 cm³/mol. The topological polar surface area (TPSA) is 0 Å². The van der Waals surface area contributed by atoms with Crippen LogP contribution in [0.2, 0.25) is 0 Å². The normalized spacial score (nSPS) is 9.29. The van der Waals surface area contributed by atoms with Gasteiger partial charge in [0, 0.05) is 5.33 Å². The Morgan fingerprint density at radius 1 is 0.765 bits per heavy atom. The third-order valence-corrected chi connectivity index (χ3v) is 3.11. The minimum absolute atomic E-state index is 1.14. The zero-order chi connectivity index (χ0) is 13.2. The quantitative estimate of drug-likeness (QED) is 0.227. The summed E-state index contributed by atoms with van der Waals surface area (Å²) < 4.78 is 0. The SMILES string of the molecule is C=CCCCCCBr.C=CCCCCCCC. The standard InChI is InChI=1S/C9H18.C7H13Br/c1-3-5-7-9-8-6-4-2;1-2-3-4-5-6-7-8/h3H,1,4-9H2,2H3;2H,1,3-7H2. The molecule has 0 fully saturated rings. The van der Waals surface area contributed by atoms with Crippen molar-refractivity contribution < 1.29 is 0 Å². The molecule has 0 aromatic rings. The molecule has 0 radical (unpaired) electrons. The molecular formula is C16H31Br. The molecule has 0 aromatic carbocycles. The summed E-state index contributed by atoms with van der Waals surface area (Å²) in [6.45, 7) is 9.57. The van der Waals surface area contributed by atoms with Crippen LogP contribution in [0.25, 0.3) is 0 Å². The van der Waals surface area contributed by atoms with Gasteiger partial charge >= 0.3 is 0 Å². The van der Waals surface area contributed by atoms with E-state index in [1.54, 1.807) is 0 Å². The van der Waals surface area contributed by atoms with Gasteiger partial charge in [0.25, 0.3) is 0 Å². The molecule has 0 spiro atoms. The van der Waals surface area contributed by atoms with Gasteiger partial charge in [-0.2, -0.15) is 0 Å². The molecule has 0 aliphatic heterocycles. The Hall–Kier alpha value is -0.0400. The molecule has 0 heterocycles. The Labute approximate surface area is 118 Å². The fraction of sp³-hybridized carbons (Fsp3) is 0.750. The zero-order valence-corrected chi connectivity index (χ0v) is 13.3. The van der Waals surface area contributed by atoms with Crippen molar-refractivity contribution in [1.82, 2.24) is 0 Å². The van der Waals surface area contributed by atoms with Crippen LogP contribution in [-0.4, -0.2) is 5.33 Å². The molecule has 0 nitrogen and oxygen atoms in total. The van der Waals surface area contributed by atoms with Gasteiger partial charge in [-0.15, -0.1) is 13.2 Å². The maximum Gasteiger partial charge on any atom is 0.00313 e. The van der Waals surface area contributed by atoms with E-state index in [1.807, 2.05) is 12.2 Å². The second-order valence-electron chi connectivity index (χ2n) is 4.32. The molecule has 102 valence electrons. The van der Waals surface area contributed by atoms with Crippen molar-refractivity contribution in [2.45, 2.75) is 71.1 Å². The first-order valence-corrected chi connectivity index (χ1v) is 8.23. The summed E-state index contributed by atoms with van der Waals surface area (Å²) in [6, 6.07) is 0. The van der Waals surface area contributed by atoms with Crippen molar-refractivity contribution in [2.75, 3.05) is 5.33 Å². The summed E-state index contributed by atoms with van der Waals surface area (Å²) in [5.41, 5.74) is 0. The van der Waals surface area contributed by atoms with Crippen molar-refractivity contribution in [1.29, 1.82) is 0 Å². The van der Waals surface area contributed by atoms with Gasteiger partial charge in [-0.1, -0.05) is 67.1 Å². The average Bonchev–Trinajstić information content (AvgIpc) is 2.36. The number of hydrogen-bond acceptors (Lipinski definition) is 0. The summed E-state index contributed by atoms with van der Waals surface area (Å²) >= 11 is 3.38. The number of allylic oxidation sites excluding steroid dienone is 2. The van der Waals surface area contributed by atoms with Crippen molar-refractivity contribution in [3.05, 3.63) is 25.3 Å². The lowest BCUT2D eigenvalue weighted by atomic mass is 10.1. The summed E-state index contributed by atoms with van der Waals surface area (Å²) in [7, 11) is 0. The van der Waals surface area contributed by atoms with Gasteiger partial charge in [-0.3, -0.25) is 0 Å². The van der Waals surface area contributed by atoms with Crippen molar-refractivity contribution in [2.24, 2.45) is 0 Å². The van der Waals surface area contributed by atoms with Gasteiger partial charge in [0.1, 0.15) is 0 Å². The van der Waals surface area contributed by atoms with E-state index in [1.165, 1.54) is 64.2 Å². The third-order valence-electron chi connectivity index (χ3n) is 2.55. The Kier molecular flexibility index (Phi) is 24.1. The number of hydrogen-bond donors (Lipinski definition) is 0. The molecule has 0 bridgehead atoms. The molecule has 0 aliphatic carbocycles. The minimum atomic E-state index is 1.14. The molecular weight excluding hydrogens is 272 g/mol. The molecule has 17 heavy (non-hydrogen) atoms. The van der Waals surface area contributed by atoms with Crippen molar-refractivity contribution >= 4 is 15.9 Å². The number of rotatable bonds is 11. The number of unbranched alkanes of at least 4 members (excludes halogenated alkanes) is 8. The third kappa shape index (κ3) is 25.9. The Balaban J connectivity index is 0. The minimum Gasteiger partial charge on any atom is -0.103 e. The van der Waals surface area contributed by atoms with Crippen LogP contribution in [-0.2, 0) is 0 Å². The van der Waals surface area contributed by atoms with Crippen molar-refractivity contribution in [3.8, 4) is 0 Å². The highest BCUT2D eigenvalue weighted by molar-refractivity contribution is 9.09. The fourth-order valence-corrected chi connectivity index (χ4v) is 1.85. The molecule has 0 N–H and O–H groups in total. The number of alkyl halides is 1. The van der Waals surface area contributed by atoms with Crippen molar-refractivity contribution in [3.63, 3.8) is 0 Å². The van der Waals surface area contributed by atoms with Crippen LogP contribution in [0.4, 0.5) is 0 Å². The first-order chi connectivity index (χ1) is 8.33. The predicted octanol–water partition coefficient (Wildman–Crippen LogP) is 6.66. The van der Waals surface area contributed by atoms with E-state index in [4.69, 9.17) is 0 Å². The lowest BCUT2D eigenvalue weighted by molar-refractivity contribution is 0.638. The first-order valence-electron chi connectivity index (χ1n) is 7.11. The van der Waals surface area contributed by atoms with Crippen LogP contribution in [0.5, 0.6) is 0 Å². The van der Waals surface area contributed by atoms with Crippen LogP contribution >= 0.6 is 15.9 Å². The zero-order valence-electron chi connectivity index (χ0n) is 11.7. The second-order valence-corrected chi connectivity index (χ2v) is 5.11. The summed E-state index contributed by atoms with van der Waals surface area (Å²) in [5, 5.41) is 1.14. The van der Waals surface area contributed by atoms with Gasteiger partial charge in [0.15, 0.2) is 0 Å². The second kappa shape index (κ2) is 21.3. The maximum atomic E-state index is 3.68. The van der Waals surface area contributed by atoms with Crippen LogP contribution in [0.3, 0.4) is 0 Å². The molecule has 0 aromatic heterocycles. The Morgan fingerprint density at radius 2 is 1.24 bits per heavy atom. The lowest BCUT2D eigenvalue weighted by Crippen LogP contribution is -1.74. The molecule has 0 saturated carbocycles. The Bertz CT molecular complexity index is 140.